The Morgan fingerprint density at radius 3 is 2.63 bits per heavy atom. The van der Waals surface area contributed by atoms with Crippen molar-refractivity contribution in [2.45, 2.75) is 13.0 Å². The van der Waals surface area contributed by atoms with Crippen molar-refractivity contribution in [3.8, 4) is 5.75 Å². The molecule has 1 aliphatic rings. The number of halogens is 2. The van der Waals surface area contributed by atoms with E-state index in [9.17, 15) is 4.79 Å². The first-order valence-electron chi connectivity index (χ1n) is 6.09. The Bertz CT molecular complexity index is 423. The topological polar surface area (TPSA) is 41.6 Å². The van der Waals surface area contributed by atoms with Crippen molar-refractivity contribution >= 4 is 29.9 Å². The highest BCUT2D eigenvalue weighted by molar-refractivity contribution is 6.32. The normalized spacial score (nSPS) is 16.4. The molecule has 0 aliphatic carbocycles. The van der Waals surface area contributed by atoms with Gasteiger partial charge in [0, 0.05) is 26.2 Å². The number of benzene rings is 1. The smallest absolute Gasteiger partial charge is 0.263 e. The summed E-state index contributed by atoms with van der Waals surface area (Å²) in [6.07, 6.45) is -0.511. The van der Waals surface area contributed by atoms with Gasteiger partial charge in [0.15, 0.2) is 6.10 Å². The van der Waals surface area contributed by atoms with E-state index in [0.717, 1.165) is 26.2 Å². The van der Waals surface area contributed by atoms with Crippen LogP contribution in [0.3, 0.4) is 0 Å². The van der Waals surface area contributed by atoms with E-state index in [2.05, 4.69) is 5.32 Å². The van der Waals surface area contributed by atoms with Crippen molar-refractivity contribution in [2.24, 2.45) is 0 Å². The van der Waals surface area contributed by atoms with E-state index in [4.69, 9.17) is 16.3 Å². The molecule has 1 aliphatic heterocycles. The number of hydrogen-bond acceptors (Lipinski definition) is 3. The maximum absolute atomic E-state index is 12.1. The monoisotopic (exact) mass is 304 g/mol. The maximum Gasteiger partial charge on any atom is 0.263 e. The molecule has 4 nitrogen and oxygen atoms in total. The lowest BCUT2D eigenvalue weighted by atomic mass is 10.2. The first kappa shape index (κ1) is 16.1. The Kier molecular flexibility index (Phi) is 6.42. The van der Waals surface area contributed by atoms with Gasteiger partial charge < -0.3 is 15.0 Å². The summed E-state index contributed by atoms with van der Waals surface area (Å²) in [5.41, 5.74) is 0. The molecule has 0 saturated carbocycles. The highest BCUT2D eigenvalue weighted by Crippen LogP contribution is 2.24. The third kappa shape index (κ3) is 4.27. The molecule has 1 fully saturated rings. The van der Waals surface area contributed by atoms with Gasteiger partial charge in [-0.25, -0.2) is 0 Å². The Balaban J connectivity index is 0.00000180. The Morgan fingerprint density at radius 2 is 2.00 bits per heavy atom. The quantitative estimate of drug-likeness (QED) is 0.928. The zero-order valence-electron chi connectivity index (χ0n) is 10.8. The summed E-state index contributed by atoms with van der Waals surface area (Å²) in [6, 6.07) is 7.18. The average molecular weight is 305 g/mol. The molecule has 1 heterocycles. The van der Waals surface area contributed by atoms with Crippen molar-refractivity contribution in [1.29, 1.82) is 0 Å². The van der Waals surface area contributed by atoms with Gasteiger partial charge in [-0.3, -0.25) is 4.79 Å². The number of carbonyl (C=O) groups excluding carboxylic acids is 1. The van der Waals surface area contributed by atoms with Crippen molar-refractivity contribution in [3.63, 3.8) is 0 Å². The van der Waals surface area contributed by atoms with E-state index in [0.29, 0.717) is 10.8 Å². The summed E-state index contributed by atoms with van der Waals surface area (Å²) in [5.74, 6) is 0.562. The van der Waals surface area contributed by atoms with E-state index in [1.54, 1.807) is 19.1 Å². The minimum atomic E-state index is -0.511. The van der Waals surface area contributed by atoms with Crippen molar-refractivity contribution < 1.29 is 9.53 Å². The van der Waals surface area contributed by atoms with Crippen LogP contribution in [0.25, 0.3) is 0 Å². The van der Waals surface area contributed by atoms with Crippen LogP contribution in [-0.4, -0.2) is 43.1 Å². The number of rotatable bonds is 3. The van der Waals surface area contributed by atoms with Crippen LogP contribution in [0.4, 0.5) is 0 Å². The molecular weight excluding hydrogens is 287 g/mol. The fraction of sp³-hybridized carbons (Fsp3) is 0.462. The first-order chi connectivity index (χ1) is 8.68. The first-order valence-corrected chi connectivity index (χ1v) is 6.47. The fourth-order valence-electron chi connectivity index (χ4n) is 1.92. The second kappa shape index (κ2) is 7.58. The van der Waals surface area contributed by atoms with Crippen LogP contribution in [0.5, 0.6) is 5.75 Å². The summed E-state index contributed by atoms with van der Waals surface area (Å²) in [5, 5.41) is 3.74. The molecule has 106 valence electrons. The molecule has 1 unspecified atom stereocenters. The van der Waals surface area contributed by atoms with Gasteiger partial charge >= 0.3 is 0 Å². The van der Waals surface area contributed by atoms with E-state index >= 15 is 0 Å². The molecule has 1 N–H and O–H groups in total. The van der Waals surface area contributed by atoms with Gasteiger partial charge in [-0.05, 0) is 19.1 Å². The second-order valence-electron chi connectivity index (χ2n) is 4.27. The number of para-hydroxylation sites is 1. The van der Waals surface area contributed by atoms with Crippen LogP contribution in [0.15, 0.2) is 24.3 Å². The molecule has 1 atom stereocenters. The number of nitrogens with zero attached hydrogens (tertiary/aromatic N) is 1. The number of nitrogens with one attached hydrogen (secondary N) is 1. The molecule has 1 aromatic carbocycles. The number of piperazine rings is 1. The number of amides is 1. The van der Waals surface area contributed by atoms with Gasteiger partial charge in [0.1, 0.15) is 5.75 Å². The predicted octanol–water partition coefficient (Wildman–Crippen LogP) is 1.96. The third-order valence-electron chi connectivity index (χ3n) is 2.92. The Hall–Kier alpha value is -0.970. The molecule has 6 heteroatoms. The van der Waals surface area contributed by atoms with Gasteiger partial charge in [-0.1, -0.05) is 23.7 Å². The fourth-order valence-corrected chi connectivity index (χ4v) is 2.10. The average Bonchev–Trinajstić information content (AvgIpc) is 2.41. The van der Waals surface area contributed by atoms with Gasteiger partial charge in [0.25, 0.3) is 5.91 Å². The summed E-state index contributed by atoms with van der Waals surface area (Å²) in [4.78, 5) is 14.0. The predicted molar refractivity (Wildman–Crippen MR) is 78.2 cm³/mol. The largest absolute Gasteiger partial charge is 0.479 e. The molecular formula is C13H18Cl2N2O2. The summed E-state index contributed by atoms with van der Waals surface area (Å²) in [7, 11) is 0. The van der Waals surface area contributed by atoms with Gasteiger partial charge in [-0.15, -0.1) is 12.4 Å². The lowest BCUT2D eigenvalue weighted by Crippen LogP contribution is -2.50. The second-order valence-corrected chi connectivity index (χ2v) is 4.67. The van der Waals surface area contributed by atoms with E-state index in [1.165, 1.54) is 0 Å². The molecule has 0 aromatic heterocycles. The van der Waals surface area contributed by atoms with Crippen molar-refractivity contribution in [1.82, 2.24) is 10.2 Å². The molecule has 1 aromatic rings. The Morgan fingerprint density at radius 1 is 1.37 bits per heavy atom. The molecule has 0 radical (unpaired) electrons. The minimum absolute atomic E-state index is 0. The lowest BCUT2D eigenvalue weighted by molar-refractivity contribution is -0.138. The zero-order valence-corrected chi connectivity index (χ0v) is 12.3. The van der Waals surface area contributed by atoms with Crippen LogP contribution in [-0.2, 0) is 4.79 Å². The number of carbonyl (C=O) groups is 1. The molecule has 0 bridgehead atoms. The van der Waals surface area contributed by atoms with Gasteiger partial charge in [0.05, 0.1) is 5.02 Å². The summed E-state index contributed by atoms with van der Waals surface area (Å²) >= 11 is 6.00. The Labute approximate surface area is 124 Å². The molecule has 1 amide bonds. The molecule has 1 saturated heterocycles. The van der Waals surface area contributed by atoms with Crippen LogP contribution >= 0.6 is 24.0 Å². The van der Waals surface area contributed by atoms with E-state index in [-0.39, 0.29) is 18.3 Å². The number of hydrogen-bond donors (Lipinski definition) is 1. The van der Waals surface area contributed by atoms with Gasteiger partial charge in [0.2, 0.25) is 0 Å². The standard InChI is InChI=1S/C13H17ClN2O2.ClH/c1-10(13(17)16-8-6-15-7-9-16)18-12-5-3-2-4-11(12)14;/h2-5,10,15H,6-9H2,1H3;1H. The van der Waals surface area contributed by atoms with Crippen LogP contribution in [0.2, 0.25) is 5.02 Å². The molecule has 19 heavy (non-hydrogen) atoms. The van der Waals surface area contributed by atoms with Crippen molar-refractivity contribution in [2.75, 3.05) is 26.2 Å². The van der Waals surface area contributed by atoms with Crippen LogP contribution in [0.1, 0.15) is 6.92 Å². The zero-order chi connectivity index (χ0) is 13.0. The van der Waals surface area contributed by atoms with Crippen LogP contribution in [0, 0.1) is 0 Å². The van der Waals surface area contributed by atoms with Crippen molar-refractivity contribution in [3.05, 3.63) is 29.3 Å². The van der Waals surface area contributed by atoms with E-state index < -0.39 is 6.10 Å². The molecule has 2 rings (SSSR count). The highest BCUT2D eigenvalue weighted by atomic mass is 35.5. The minimum Gasteiger partial charge on any atom is -0.479 e. The highest BCUT2D eigenvalue weighted by Gasteiger charge is 2.23. The lowest BCUT2D eigenvalue weighted by Gasteiger charge is -2.29. The SMILES string of the molecule is CC(Oc1ccccc1Cl)C(=O)N1CCNCC1.Cl. The molecule has 0 spiro atoms. The number of ether oxygens (including phenoxy) is 1. The maximum atomic E-state index is 12.1. The van der Waals surface area contributed by atoms with E-state index in [1.807, 2.05) is 17.0 Å². The third-order valence-corrected chi connectivity index (χ3v) is 3.23. The summed E-state index contributed by atoms with van der Waals surface area (Å²) < 4.78 is 5.62. The van der Waals surface area contributed by atoms with Crippen LogP contribution < -0.4 is 10.1 Å². The van der Waals surface area contributed by atoms with Gasteiger partial charge in [-0.2, -0.15) is 0 Å². The summed E-state index contributed by atoms with van der Waals surface area (Å²) in [6.45, 7) is 4.90.